The lowest BCUT2D eigenvalue weighted by molar-refractivity contribution is 0.0732. The molecule has 2 rings (SSSR count). The molecule has 0 atom stereocenters. The summed E-state index contributed by atoms with van der Waals surface area (Å²) >= 11 is 0. The first-order valence-electron chi connectivity index (χ1n) is 6.28. The Bertz CT molecular complexity index is 451. The van der Waals surface area contributed by atoms with Crippen LogP contribution in [0.5, 0.6) is 5.75 Å². The number of carbonyl (C=O) groups excluding carboxylic acids is 1. The first-order valence-corrected chi connectivity index (χ1v) is 6.28. The standard InChI is InChI=1S/C14H20N2O2/c1-10-8-12(13(18-3)9-11(10)2)14(17)16-6-4-15-5-7-16/h8-9,15H,4-7H2,1-3H3. The summed E-state index contributed by atoms with van der Waals surface area (Å²) in [7, 11) is 1.61. The van der Waals surface area contributed by atoms with Crippen molar-refractivity contribution in [1.29, 1.82) is 0 Å². The molecule has 1 aromatic carbocycles. The molecule has 18 heavy (non-hydrogen) atoms. The van der Waals surface area contributed by atoms with E-state index in [0.717, 1.165) is 37.3 Å². The molecule has 1 heterocycles. The lowest BCUT2D eigenvalue weighted by Gasteiger charge is -2.28. The predicted molar refractivity (Wildman–Crippen MR) is 71.2 cm³/mol. The third-order valence-electron chi connectivity index (χ3n) is 3.45. The van der Waals surface area contributed by atoms with Crippen LogP contribution in [0.1, 0.15) is 21.5 Å². The highest BCUT2D eigenvalue weighted by atomic mass is 16.5. The second kappa shape index (κ2) is 5.40. The van der Waals surface area contributed by atoms with Gasteiger partial charge in [-0.2, -0.15) is 0 Å². The van der Waals surface area contributed by atoms with Gasteiger partial charge in [-0.3, -0.25) is 4.79 Å². The van der Waals surface area contributed by atoms with Crippen LogP contribution in [-0.4, -0.2) is 44.1 Å². The van der Waals surface area contributed by atoms with Crippen molar-refractivity contribution in [1.82, 2.24) is 10.2 Å². The molecule has 1 N–H and O–H groups in total. The molecule has 0 radical (unpaired) electrons. The molecule has 0 aromatic heterocycles. The third-order valence-corrected chi connectivity index (χ3v) is 3.45. The number of hydrogen-bond acceptors (Lipinski definition) is 3. The highest BCUT2D eigenvalue weighted by molar-refractivity contribution is 5.97. The topological polar surface area (TPSA) is 41.6 Å². The molecule has 1 amide bonds. The van der Waals surface area contributed by atoms with Crippen molar-refractivity contribution >= 4 is 5.91 Å². The van der Waals surface area contributed by atoms with Crippen molar-refractivity contribution in [2.75, 3.05) is 33.3 Å². The van der Waals surface area contributed by atoms with Gasteiger partial charge in [0.25, 0.3) is 5.91 Å². The average Bonchev–Trinajstić information content (AvgIpc) is 2.41. The number of aryl methyl sites for hydroxylation is 2. The minimum atomic E-state index is 0.0662. The van der Waals surface area contributed by atoms with Gasteiger partial charge in [0.2, 0.25) is 0 Å². The smallest absolute Gasteiger partial charge is 0.257 e. The molecule has 0 bridgehead atoms. The summed E-state index contributed by atoms with van der Waals surface area (Å²) in [5.41, 5.74) is 2.93. The Labute approximate surface area is 108 Å². The average molecular weight is 248 g/mol. The van der Waals surface area contributed by atoms with E-state index in [1.165, 1.54) is 0 Å². The zero-order valence-electron chi connectivity index (χ0n) is 11.2. The van der Waals surface area contributed by atoms with E-state index in [1.807, 2.05) is 30.9 Å². The zero-order chi connectivity index (χ0) is 13.1. The molecule has 0 aliphatic carbocycles. The van der Waals surface area contributed by atoms with Crippen molar-refractivity contribution in [3.8, 4) is 5.75 Å². The molecular formula is C14H20N2O2. The number of methoxy groups -OCH3 is 1. The Morgan fingerprint density at radius 3 is 2.44 bits per heavy atom. The van der Waals surface area contributed by atoms with Gasteiger partial charge in [0.1, 0.15) is 5.75 Å². The largest absolute Gasteiger partial charge is 0.496 e. The van der Waals surface area contributed by atoms with Crippen LogP contribution < -0.4 is 10.1 Å². The highest BCUT2D eigenvalue weighted by Crippen LogP contribution is 2.24. The van der Waals surface area contributed by atoms with Crippen LogP contribution in [0.2, 0.25) is 0 Å². The van der Waals surface area contributed by atoms with Crippen LogP contribution >= 0.6 is 0 Å². The number of piperazine rings is 1. The fourth-order valence-electron chi connectivity index (χ4n) is 2.16. The number of amides is 1. The van der Waals surface area contributed by atoms with E-state index in [0.29, 0.717) is 11.3 Å². The molecule has 0 unspecified atom stereocenters. The fraction of sp³-hybridized carbons (Fsp3) is 0.500. The summed E-state index contributed by atoms with van der Waals surface area (Å²) in [6, 6.07) is 3.86. The van der Waals surface area contributed by atoms with Gasteiger partial charge in [-0.1, -0.05) is 0 Å². The highest BCUT2D eigenvalue weighted by Gasteiger charge is 2.21. The first kappa shape index (κ1) is 12.9. The Kier molecular flexibility index (Phi) is 3.87. The molecule has 0 spiro atoms. The van der Waals surface area contributed by atoms with Gasteiger partial charge in [-0.15, -0.1) is 0 Å². The van der Waals surface area contributed by atoms with E-state index in [1.54, 1.807) is 7.11 Å². The van der Waals surface area contributed by atoms with Crippen molar-refractivity contribution in [2.24, 2.45) is 0 Å². The van der Waals surface area contributed by atoms with E-state index in [9.17, 15) is 4.79 Å². The monoisotopic (exact) mass is 248 g/mol. The molecule has 0 saturated carbocycles. The number of carbonyl (C=O) groups is 1. The Morgan fingerprint density at radius 2 is 1.83 bits per heavy atom. The van der Waals surface area contributed by atoms with Crippen LogP contribution in [-0.2, 0) is 0 Å². The zero-order valence-corrected chi connectivity index (χ0v) is 11.2. The van der Waals surface area contributed by atoms with Gasteiger partial charge in [-0.05, 0) is 37.1 Å². The maximum atomic E-state index is 12.5. The molecule has 1 fully saturated rings. The molecular weight excluding hydrogens is 228 g/mol. The van der Waals surface area contributed by atoms with Crippen LogP contribution in [0.4, 0.5) is 0 Å². The van der Waals surface area contributed by atoms with Gasteiger partial charge in [0, 0.05) is 26.2 Å². The third kappa shape index (κ3) is 2.48. The number of nitrogens with zero attached hydrogens (tertiary/aromatic N) is 1. The van der Waals surface area contributed by atoms with Crippen molar-refractivity contribution in [3.05, 3.63) is 28.8 Å². The first-order chi connectivity index (χ1) is 8.63. The number of nitrogens with one attached hydrogen (secondary N) is 1. The van der Waals surface area contributed by atoms with Crippen molar-refractivity contribution < 1.29 is 9.53 Å². The lowest BCUT2D eigenvalue weighted by Crippen LogP contribution is -2.46. The van der Waals surface area contributed by atoms with Crippen LogP contribution in [0.15, 0.2) is 12.1 Å². The van der Waals surface area contributed by atoms with E-state index in [-0.39, 0.29) is 5.91 Å². The second-order valence-corrected chi connectivity index (χ2v) is 4.68. The van der Waals surface area contributed by atoms with Gasteiger partial charge >= 0.3 is 0 Å². The SMILES string of the molecule is COc1cc(C)c(C)cc1C(=O)N1CCNCC1. The minimum absolute atomic E-state index is 0.0662. The maximum absolute atomic E-state index is 12.5. The van der Waals surface area contributed by atoms with Gasteiger partial charge in [0.15, 0.2) is 0 Å². The lowest BCUT2D eigenvalue weighted by atomic mass is 10.0. The van der Waals surface area contributed by atoms with E-state index < -0.39 is 0 Å². The molecule has 1 aliphatic heterocycles. The van der Waals surface area contributed by atoms with Crippen LogP contribution in [0.25, 0.3) is 0 Å². The normalized spacial score (nSPS) is 15.6. The molecule has 1 aromatic rings. The Balaban J connectivity index is 2.31. The molecule has 98 valence electrons. The summed E-state index contributed by atoms with van der Waals surface area (Å²) in [5.74, 6) is 0.734. The molecule has 1 saturated heterocycles. The van der Waals surface area contributed by atoms with E-state index in [4.69, 9.17) is 4.74 Å². The number of ether oxygens (including phenoxy) is 1. The summed E-state index contributed by atoms with van der Waals surface area (Å²) in [5, 5.41) is 3.25. The second-order valence-electron chi connectivity index (χ2n) is 4.68. The van der Waals surface area contributed by atoms with Crippen LogP contribution in [0.3, 0.4) is 0 Å². The molecule has 4 nitrogen and oxygen atoms in total. The maximum Gasteiger partial charge on any atom is 0.257 e. The summed E-state index contributed by atoms with van der Waals surface area (Å²) in [4.78, 5) is 14.3. The molecule has 1 aliphatic rings. The van der Waals surface area contributed by atoms with Crippen molar-refractivity contribution in [2.45, 2.75) is 13.8 Å². The minimum Gasteiger partial charge on any atom is -0.496 e. The van der Waals surface area contributed by atoms with Crippen molar-refractivity contribution in [3.63, 3.8) is 0 Å². The van der Waals surface area contributed by atoms with Gasteiger partial charge < -0.3 is 15.0 Å². The Hall–Kier alpha value is -1.55. The van der Waals surface area contributed by atoms with Gasteiger partial charge in [0.05, 0.1) is 12.7 Å². The number of hydrogen-bond donors (Lipinski definition) is 1. The molecule has 4 heteroatoms. The predicted octanol–water partition coefficient (Wildman–Crippen LogP) is 1.36. The van der Waals surface area contributed by atoms with E-state index >= 15 is 0 Å². The summed E-state index contributed by atoms with van der Waals surface area (Å²) in [6.07, 6.45) is 0. The fourth-order valence-corrected chi connectivity index (χ4v) is 2.16. The summed E-state index contributed by atoms with van der Waals surface area (Å²) < 4.78 is 5.33. The quantitative estimate of drug-likeness (QED) is 0.859. The van der Waals surface area contributed by atoms with E-state index in [2.05, 4.69) is 5.32 Å². The van der Waals surface area contributed by atoms with Crippen LogP contribution in [0, 0.1) is 13.8 Å². The number of rotatable bonds is 2. The van der Waals surface area contributed by atoms with Gasteiger partial charge in [-0.25, -0.2) is 0 Å². The summed E-state index contributed by atoms with van der Waals surface area (Å²) in [6.45, 7) is 7.28. The number of benzene rings is 1. The Morgan fingerprint density at radius 1 is 1.22 bits per heavy atom.